The number of urea groups is 1. The lowest BCUT2D eigenvalue weighted by molar-refractivity contribution is -0.123. The summed E-state index contributed by atoms with van der Waals surface area (Å²) in [5, 5.41) is 2.67. The summed E-state index contributed by atoms with van der Waals surface area (Å²) in [6.07, 6.45) is 1.64. The number of benzene rings is 3. The molecular weight excluding hydrogens is 496 g/mol. The van der Waals surface area contributed by atoms with Crippen LogP contribution in [0.25, 0.3) is 6.08 Å². The van der Waals surface area contributed by atoms with Crippen LogP contribution < -0.4 is 14.8 Å². The lowest BCUT2D eigenvalue weighted by Crippen LogP contribution is -2.30. The van der Waals surface area contributed by atoms with Gasteiger partial charge in [0.2, 0.25) is 0 Å². The molecule has 3 amide bonds. The largest absolute Gasteiger partial charge is 0.490 e. The van der Waals surface area contributed by atoms with Crippen LogP contribution in [0.3, 0.4) is 0 Å². The van der Waals surface area contributed by atoms with Gasteiger partial charge in [0.05, 0.1) is 17.6 Å². The van der Waals surface area contributed by atoms with E-state index in [9.17, 15) is 9.59 Å². The predicted octanol–water partition coefficient (Wildman–Crippen LogP) is 5.83. The number of carbonyl (C=O) groups excluding carboxylic acids is 2. The average molecular weight is 521 g/mol. The van der Waals surface area contributed by atoms with Crippen LogP contribution in [0.4, 0.5) is 4.79 Å². The Morgan fingerprint density at radius 3 is 2.47 bits per heavy atom. The third-order valence-electron chi connectivity index (χ3n) is 5.25. The molecule has 0 unspecified atom stereocenters. The van der Waals surface area contributed by atoms with Gasteiger partial charge in [0.25, 0.3) is 5.91 Å². The molecule has 3 aromatic carbocycles. The Balaban J connectivity index is 1.55. The van der Waals surface area contributed by atoms with Crippen LogP contribution in [-0.4, -0.2) is 23.4 Å². The van der Waals surface area contributed by atoms with Crippen molar-refractivity contribution in [3.8, 4) is 11.5 Å². The van der Waals surface area contributed by atoms with Crippen LogP contribution in [0, 0.1) is 6.92 Å². The minimum atomic E-state index is -0.442. The van der Waals surface area contributed by atoms with Gasteiger partial charge in [-0.25, -0.2) is 4.79 Å². The summed E-state index contributed by atoms with van der Waals surface area (Å²) in [4.78, 5) is 26.5. The maximum atomic E-state index is 12.9. The van der Waals surface area contributed by atoms with Gasteiger partial charge in [0.1, 0.15) is 12.3 Å². The summed E-state index contributed by atoms with van der Waals surface area (Å²) in [6, 6.07) is 20.7. The molecule has 1 aliphatic rings. The number of rotatable bonds is 8. The van der Waals surface area contributed by atoms with E-state index >= 15 is 0 Å². The lowest BCUT2D eigenvalue weighted by atomic mass is 10.1. The summed E-state index contributed by atoms with van der Waals surface area (Å²) < 4.78 is 12.6. The smallest absolute Gasteiger partial charge is 0.329 e. The topological polar surface area (TPSA) is 67.9 Å². The van der Waals surface area contributed by atoms with Crippen molar-refractivity contribution in [2.75, 3.05) is 6.61 Å². The molecule has 1 aliphatic heterocycles. The molecule has 6 nitrogen and oxygen atoms in total. The van der Waals surface area contributed by atoms with Gasteiger partial charge >= 0.3 is 6.03 Å². The second-order valence-electron chi connectivity index (χ2n) is 7.91. The molecule has 1 N–H and O–H groups in total. The summed E-state index contributed by atoms with van der Waals surface area (Å²) in [6.45, 7) is 4.99. The van der Waals surface area contributed by atoms with Crippen LogP contribution in [0.5, 0.6) is 11.5 Å². The molecular formula is C27H25BrN2O4. The fourth-order valence-corrected chi connectivity index (χ4v) is 4.25. The number of nitrogens with zero attached hydrogens (tertiary/aromatic N) is 1. The fraction of sp³-hybridized carbons (Fsp3) is 0.185. The SMILES string of the molecule is CCOc1cc(/C=C2/NC(=O)N(Cc3ccccc3)C2=O)cc(Br)c1OCc1cccc(C)c1. The number of nitrogens with one attached hydrogen (secondary N) is 1. The van der Waals surface area contributed by atoms with Gasteiger partial charge in [-0.15, -0.1) is 0 Å². The first-order valence-electron chi connectivity index (χ1n) is 11.0. The summed E-state index contributed by atoms with van der Waals surface area (Å²) >= 11 is 3.57. The zero-order valence-electron chi connectivity index (χ0n) is 19.0. The standard InChI is InChI=1S/C27H25BrN2O4/c1-3-33-24-15-21(13-22(28)25(24)34-17-20-11-7-8-18(2)12-20)14-23-26(31)30(27(32)29-23)16-19-9-5-4-6-10-19/h4-15H,3,16-17H2,1-2H3,(H,29,32)/b23-14+. The molecule has 3 aromatic rings. The molecule has 34 heavy (non-hydrogen) atoms. The van der Waals surface area contributed by atoms with Crippen molar-refractivity contribution < 1.29 is 19.1 Å². The highest BCUT2D eigenvalue weighted by molar-refractivity contribution is 9.10. The number of hydrogen-bond donors (Lipinski definition) is 1. The third-order valence-corrected chi connectivity index (χ3v) is 5.84. The second-order valence-corrected chi connectivity index (χ2v) is 8.76. The van der Waals surface area contributed by atoms with E-state index in [2.05, 4.69) is 27.3 Å². The second kappa shape index (κ2) is 10.6. The number of aryl methyl sites for hydroxylation is 1. The van der Waals surface area contributed by atoms with Gasteiger partial charge in [0, 0.05) is 0 Å². The van der Waals surface area contributed by atoms with Crippen molar-refractivity contribution in [1.29, 1.82) is 0 Å². The Labute approximate surface area is 207 Å². The number of amides is 3. The lowest BCUT2D eigenvalue weighted by Gasteiger charge is -2.15. The fourth-order valence-electron chi connectivity index (χ4n) is 3.68. The number of imide groups is 1. The summed E-state index contributed by atoms with van der Waals surface area (Å²) in [7, 11) is 0. The van der Waals surface area contributed by atoms with Crippen LogP contribution in [0.1, 0.15) is 29.2 Å². The minimum Gasteiger partial charge on any atom is -0.490 e. The molecule has 1 saturated heterocycles. The Bertz CT molecular complexity index is 1240. The molecule has 0 aliphatic carbocycles. The molecule has 4 rings (SSSR count). The Hall–Kier alpha value is -3.58. The average Bonchev–Trinajstić information content (AvgIpc) is 3.07. The number of carbonyl (C=O) groups is 2. The highest BCUT2D eigenvalue weighted by Crippen LogP contribution is 2.38. The highest BCUT2D eigenvalue weighted by atomic mass is 79.9. The zero-order chi connectivity index (χ0) is 24.1. The van der Waals surface area contributed by atoms with Gasteiger partial charge in [-0.3, -0.25) is 9.69 Å². The number of ether oxygens (including phenoxy) is 2. The van der Waals surface area contributed by atoms with Crippen molar-refractivity contribution in [3.63, 3.8) is 0 Å². The molecule has 1 heterocycles. The summed E-state index contributed by atoms with van der Waals surface area (Å²) in [5.74, 6) is 0.759. The van der Waals surface area contributed by atoms with Gasteiger partial charge in [-0.2, -0.15) is 0 Å². The Morgan fingerprint density at radius 2 is 1.74 bits per heavy atom. The number of hydrogen-bond acceptors (Lipinski definition) is 4. The van der Waals surface area contributed by atoms with E-state index < -0.39 is 6.03 Å². The van der Waals surface area contributed by atoms with Crippen molar-refractivity contribution >= 4 is 33.9 Å². The first-order chi connectivity index (χ1) is 16.4. The molecule has 0 spiro atoms. The third kappa shape index (κ3) is 5.48. The molecule has 0 radical (unpaired) electrons. The normalized spacial score (nSPS) is 14.4. The van der Waals surface area contributed by atoms with Crippen molar-refractivity contribution in [2.24, 2.45) is 0 Å². The van der Waals surface area contributed by atoms with Crippen molar-refractivity contribution in [2.45, 2.75) is 27.0 Å². The van der Waals surface area contributed by atoms with E-state index in [0.717, 1.165) is 16.7 Å². The molecule has 174 valence electrons. The molecule has 0 bridgehead atoms. The van der Waals surface area contributed by atoms with Crippen LogP contribution >= 0.6 is 15.9 Å². The molecule has 7 heteroatoms. The van der Waals surface area contributed by atoms with Gasteiger partial charge in [-0.05, 0) is 64.7 Å². The van der Waals surface area contributed by atoms with Crippen LogP contribution in [0.2, 0.25) is 0 Å². The molecule has 1 fully saturated rings. The van der Waals surface area contributed by atoms with E-state index in [0.29, 0.717) is 34.7 Å². The van der Waals surface area contributed by atoms with Gasteiger partial charge in [-0.1, -0.05) is 60.2 Å². The first kappa shape index (κ1) is 23.6. The zero-order valence-corrected chi connectivity index (χ0v) is 20.6. The monoisotopic (exact) mass is 520 g/mol. The number of halogens is 1. The quantitative estimate of drug-likeness (QED) is 0.299. The maximum Gasteiger partial charge on any atom is 0.329 e. The first-order valence-corrected chi connectivity index (χ1v) is 11.8. The highest BCUT2D eigenvalue weighted by Gasteiger charge is 2.33. The van der Waals surface area contributed by atoms with Gasteiger partial charge < -0.3 is 14.8 Å². The van der Waals surface area contributed by atoms with E-state index in [-0.39, 0.29) is 18.1 Å². The van der Waals surface area contributed by atoms with Crippen molar-refractivity contribution in [1.82, 2.24) is 10.2 Å². The predicted molar refractivity (Wildman–Crippen MR) is 134 cm³/mol. The van der Waals surface area contributed by atoms with Crippen LogP contribution in [-0.2, 0) is 17.9 Å². The summed E-state index contributed by atoms with van der Waals surface area (Å²) in [5.41, 5.74) is 4.01. The Kier molecular flexibility index (Phi) is 7.33. The minimum absolute atomic E-state index is 0.211. The maximum absolute atomic E-state index is 12.9. The van der Waals surface area contributed by atoms with E-state index in [1.807, 2.05) is 68.4 Å². The van der Waals surface area contributed by atoms with E-state index in [4.69, 9.17) is 9.47 Å². The van der Waals surface area contributed by atoms with E-state index in [1.54, 1.807) is 12.1 Å². The molecule has 0 atom stereocenters. The van der Waals surface area contributed by atoms with Gasteiger partial charge in [0.15, 0.2) is 11.5 Å². The van der Waals surface area contributed by atoms with Crippen LogP contribution in [0.15, 0.2) is 76.9 Å². The molecule has 0 saturated carbocycles. The molecule has 0 aromatic heterocycles. The van der Waals surface area contributed by atoms with Crippen molar-refractivity contribution in [3.05, 3.63) is 99.2 Å². The Morgan fingerprint density at radius 1 is 0.971 bits per heavy atom. The van der Waals surface area contributed by atoms with E-state index in [1.165, 1.54) is 4.90 Å².